The lowest BCUT2D eigenvalue weighted by Gasteiger charge is -2.04. The van der Waals surface area contributed by atoms with Crippen LogP contribution in [-0.2, 0) is 21.8 Å². The van der Waals surface area contributed by atoms with Crippen molar-refractivity contribution >= 4 is 40.2 Å². The Morgan fingerprint density at radius 2 is 1.92 bits per heavy atom. The Labute approximate surface area is 150 Å². The monoisotopic (exact) mass is 359 g/mol. The zero-order valence-corrected chi connectivity index (χ0v) is 14.9. The van der Waals surface area contributed by atoms with Gasteiger partial charge in [0.15, 0.2) is 0 Å². The van der Waals surface area contributed by atoms with Gasteiger partial charge < -0.3 is 9.30 Å². The van der Waals surface area contributed by atoms with E-state index in [1.807, 2.05) is 60.2 Å². The number of benzene rings is 2. The van der Waals surface area contributed by atoms with Gasteiger partial charge >= 0.3 is 5.97 Å². The van der Waals surface area contributed by atoms with E-state index >= 15 is 0 Å². The van der Waals surface area contributed by atoms with Crippen molar-refractivity contribution in [2.24, 2.45) is 0 Å². The third-order valence-electron chi connectivity index (χ3n) is 3.70. The fraction of sp³-hybridized carbons (Fsp3) is 0.211. The summed E-state index contributed by atoms with van der Waals surface area (Å²) in [6.45, 7) is 2.43. The number of hydrogen-bond donors (Lipinski definition) is 0. The SMILES string of the molecule is CCOC(=O)Cn1cc(SCc2ccccc2Cl)c2ccccc21. The lowest BCUT2D eigenvalue weighted by Crippen LogP contribution is -2.12. The number of ether oxygens (including phenoxy) is 1. The summed E-state index contributed by atoms with van der Waals surface area (Å²) in [5, 5.41) is 1.92. The second kappa shape index (κ2) is 7.77. The number of carbonyl (C=O) groups excluding carboxylic acids is 1. The van der Waals surface area contributed by atoms with Crippen LogP contribution in [0, 0.1) is 0 Å². The largest absolute Gasteiger partial charge is 0.465 e. The van der Waals surface area contributed by atoms with Crippen LogP contribution in [0.4, 0.5) is 0 Å². The molecular formula is C19H18ClNO2S. The molecule has 0 spiro atoms. The first kappa shape index (κ1) is 16.9. The van der Waals surface area contributed by atoms with Gasteiger partial charge in [-0.2, -0.15) is 0 Å². The first-order chi connectivity index (χ1) is 11.7. The van der Waals surface area contributed by atoms with Crippen LogP contribution in [0.2, 0.25) is 5.02 Å². The zero-order valence-electron chi connectivity index (χ0n) is 13.4. The summed E-state index contributed by atoms with van der Waals surface area (Å²) in [5.41, 5.74) is 2.14. The van der Waals surface area contributed by atoms with Gasteiger partial charge in [-0.3, -0.25) is 4.79 Å². The van der Waals surface area contributed by atoms with Crippen molar-refractivity contribution in [3.05, 3.63) is 65.3 Å². The number of esters is 1. The van der Waals surface area contributed by atoms with Gasteiger partial charge in [-0.05, 0) is 24.6 Å². The predicted octanol–water partition coefficient (Wildman–Crippen LogP) is 5.15. The zero-order chi connectivity index (χ0) is 16.9. The van der Waals surface area contributed by atoms with Gasteiger partial charge in [-0.25, -0.2) is 0 Å². The van der Waals surface area contributed by atoms with E-state index < -0.39 is 0 Å². The summed E-state index contributed by atoms with van der Waals surface area (Å²) in [6.07, 6.45) is 2.02. The van der Waals surface area contributed by atoms with Crippen molar-refractivity contribution in [1.29, 1.82) is 0 Å². The number of rotatable bonds is 6. The quantitative estimate of drug-likeness (QED) is 0.450. The van der Waals surface area contributed by atoms with Crippen LogP contribution in [0.1, 0.15) is 12.5 Å². The molecule has 0 saturated heterocycles. The maximum absolute atomic E-state index is 11.8. The standard InChI is InChI=1S/C19H18ClNO2S/c1-2-23-19(22)12-21-11-18(15-8-4-6-10-17(15)21)24-13-14-7-3-5-9-16(14)20/h3-11H,2,12-13H2,1H3. The van der Waals surface area contributed by atoms with Gasteiger partial charge in [0, 0.05) is 32.8 Å². The van der Waals surface area contributed by atoms with Gasteiger partial charge in [-0.15, -0.1) is 11.8 Å². The molecule has 0 amide bonds. The molecule has 3 aromatic rings. The fourth-order valence-corrected chi connectivity index (χ4v) is 3.95. The van der Waals surface area contributed by atoms with Crippen molar-refractivity contribution in [3.63, 3.8) is 0 Å². The molecule has 0 aliphatic carbocycles. The number of thioether (sulfide) groups is 1. The molecule has 0 atom stereocenters. The summed E-state index contributed by atoms with van der Waals surface area (Å²) >= 11 is 7.96. The molecule has 2 aromatic carbocycles. The van der Waals surface area contributed by atoms with E-state index in [2.05, 4.69) is 6.07 Å². The number of nitrogens with zero attached hydrogens (tertiary/aromatic N) is 1. The lowest BCUT2D eigenvalue weighted by atomic mass is 10.2. The first-order valence-corrected chi connectivity index (χ1v) is 9.15. The van der Waals surface area contributed by atoms with E-state index in [0.29, 0.717) is 6.61 Å². The van der Waals surface area contributed by atoms with Crippen molar-refractivity contribution in [2.75, 3.05) is 6.61 Å². The third-order valence-corrected chi connectivity index (χ3v) is 5.16. The molecule has 0 fully saturated rings. The third kappa shape index (κ3) is 3.77. The first-order valence-electron chi connectivity index (χ1n) is 7.78. The van der Waals surface area contributed by atoms with Crippen molar-refractivity contribution in [1.82, 2.24) is 4.57 Å². The minimum Gasteiger partial charge on any atom is -0.465 e. The topological polar surface area (TPSA) is 31.2 Å². The van der Waals surface area contributed by atoms with Gasteiger partial charge in [0.2, 0.25) is 0 Å². The molecule has 0 unspecified atom stereocenters. The van der Waals surface area contributed by atoms with Crippen molar-refractivity contribution < 1.29 is 9.53 Å². The molecule has 0 N–H and O–H groups in total. The summed E-state index contributed by atoms with van der Waals surface area (Å²) in [4.78, 5) is 13.0. The molecular weight excluding hydrogens is 342 g/mol. The fourth-order valence-electron chi connectivity index (χ4n) is 2.58. The van der Waals surface area contributed by atoms with Gasteiger partial charge in [0.1, 0.15) is 6.54 Å². The van der Waals surface area contributed by atoms with E-state index in [1.165, 1.54) is 0 Å². The summed E-state index contributed by atoms with van der Waals surface area (Å²) in [7, 11) is 0. The maximum atomic E-state index is 11.8. The molecule has 0 bridgehead atoms. The normalized spacial score (nSPS) is 10.9. The lowest BCUT2D eigenvalue weighted by molar-refractivity contribution is -0.143. The second-order valence-corrected chi connectivity index (χ2v) is 6.75. The molecule has 0 saturated carbocycles. The second-order valence-electron chi connectivity index (χ2n) is 5.32. The Morgan fingerprint density at radius 3 is 2.71 bits per heavy atom. The highest BCUT2D eigenvalue weighted by molar-refractivity contribution is 7.98. The van der Waals surface area contributed by atoms with E-state index in [4.69, 9.17) is 16.3 Å². The molecule has 5 heteroatoms. The highest BCUT2D eigenvalue weighted by Gasteiger charge is 2.12. The van der Waals surface area contributed by atoms with Crippen LogP contribution in [0.5, 0.6) is 0 Å². The van der Waals surface area contributed by atoms with Crippen LogP contribution in [0.3, 0.4) is 0 Å². The number of carbonyl (C=O) groups is 1. The average molecular weight is 360 g/mol. The smallest absolute Gasteiger partial charge is 0.325 e. The molecule has 0 radical (unpaired) electrons. The number of fused-ring (bicyclic) bond motifs is 1. The summed E-state index contributed by atoms with van der Waals surface area (Å²) < 4.78 is 7.01. The minimum absolute atomic E-state index is 0.221. The molecule has 124 valence electrons. The van der Waals surface area contributed by atoms with Crippen LogP contribution in [0.15, 0.2) is 59.6 Å². The Hall–Kier alpha value is -1.91. The minimum atomic E-state index is -0.221. The molecule has 0 aliphatic heterocycles. The van der Waals surface area contributed by atoms with E-state index in [0.717, 1.165) is 32.1 Å². The Kier molecular flexibility index (Phi) is 5.48. The van der Waals surface area contributed by atoms with Gasteiger partial charge in [0.25, 0.3) is 0 Å². The highest BCUT2D eigenvalue weighted by Crippen LogP contribution is 2.33. The van der Waals surface area contributed by atoms with E-state index in [1.54, 1.807) is 11.8 Å². The van der Waals surface area contributed by atoms with Crippen LogP contribution in [-0.4, -0.2) is 17.1 Å². The Bertz CT molecular complexity index is 859. The van der Waals surface area contributed by atoms with Crippen molar-refractivity contribution in [2.45, 2.75) is 24.1 Å². The van der Waals surface area contributed by atoms with Crippen LogP contribution >= 0.6 is 23.4 Å². The molecule has 1 aromatic heterocycles. The number of hydrogen-bond acceptors (Lipinski definition) is 3. The van der Waals surface area contributed by atoms with Crippen LogP contribution in [0.25, 0.3) is 10.9 Å². The molecule has 24 heavy (non-hydrogen) atoms. The molecule has 1 heterocycles. The molecule has 3 rings (SSSR count). The summed E-state index contributed by atoms with van der Waals surface area (Å²) in [6, 6.07) is 15.9. The predicted molar refractivity (Wildman–Crippen MR) is 99.6 cm³/mol. The van der Waals surface area contributed by atoms with Gasteiger partial charge in [-0.1, -0.05) is 48.0 Å². The number of para-hydroxylation sites is 1. The summed E-state index contributed by atoms with van der Waals surface area (Å²) in [5.74, 6) is 0.563. The van der Waals surface area contributed by atoms with E-state index in [9.17, 15) is 4.79 Å². The Morgan fingerprint density at radius 1 is 1.17 bits per heavy atom. The Balaban J connectivity index is 1.85. The van der Waals surface area contributed by atoms with E-state index in [-0.39, 0.29) is 12.5 Å². The number of halogens is 1. The van der Waals surface area contributed by atoms with Gasteiger partial charge in [0.05, 0.1) is 6.61 Å². The number of aromatic nitrogens is 1. The molecule has 0 aliphatic rings. The van der Waals surface area contributed by atoms with Crippen molar-refractivity contribution in [3.8, 4) is 0 Å². The molecule has 3 nitrogen and oxygen atoms in total. The highest BCUT2D eigenvalue weighted by atomic mass is 35.5. The van der Waals surface area contributed by atoms with Crippen LogP contribution < -0.4 is 0 Å². The maximum Gasteiger partial charge on any atom is 0.325 e. The average Bonchev–Trinajstić information content (AvgIpc) is 2.92.